The van der Waals surface area contributed by atoms with Gasteiger partial charge in [-0.3, -0.25) is 4.79 Å². The average Bonchev–Trinajstić information content (AvgIpc) is 2.68. The van der Waals surface area contributed by atoms with Gasteiger partial charge in [0.25, 0.3) is 0 Å². The van der Waals surface area contributed by atoms with Crippen molar-refractivity contribution in [1.29, 1.82) is 0 Å². The Bertz CT molecular complexity index is 358. The minimum absolute atomic E-state index is 0.141. The summed E-state index contributed by atoms with van der Waals surface area (Å²) in [7, 11) is -3.48. The van der Waals surface area contributed by atoms with Gasteiger partial charge in [0.05, 0.1) is 5.25 Å². The maximum absolute atomic E-state index is 12.0. The summed E-state index contributed by atoms with van der Waals surface area (Å²) < 4.78 is 26.2. The third kappa shape index (κ3) is 4.27. The van der Waals surface area contributed by atoms with E-state index >= 15 is 0 Å². The van der Waals surface area contributed by atoms with Crippen LogP contribution in [0.5, 0.6) is 0 Å². The number of hydrogen-bond donors (Lipinski definition) is 2. The minimum atomic E-state index is -3.48. The highest BCUT2D eigenvalue weighted by Crippen LogP contribution is 2.24. The summed E-state index contributed by atoms with van der Waals surface area (Å²) in [6.07, 6.45) is 3.43. The quantitative estimate of drug-likeness (QED) is 0.757. The van der Waals surface area contributed by atoms with Crippen molar-refractivity contribution in [1.82, 2.24) is 4.72 Å². The second kappa shape index (κ2) is 5.82. The molecule has 100 valence electrons. The van der Waals surface area contributed by atoms with Gasteiger partial charge in [-0.1, -0.05) is 26.7 Å². The second-order valence-corrected chi connectivity index (χ2v) is 7.08. The summed E-state index contributed by atoms with van der Waals surface area (Å²) in [4.78, 5) is 11.0. The number of nitrogens with one attached hydrogen (secondary N) is 1. The minimum Gasteiger partial charge on any atom is -0.480 e. The molecule has 1 atom stereocenters. The molecule has 0 heterocycles. The first-order chi connectivity index (χ1) is 7.83. The molecule has 0 radical (unpaired) electrons. The second-order valence-electron chi connectivity index (χ2n) is 5.09. The van der Waals surface area contributed by atoms with Crippen LogP contribution in [0.25, 0.3) is 0 Å². The zero-order valence-electron chi connectivity index (χ0n) is 10.3. The molecule has 0 spiro atoms. The average molecular weight is 263 g/mol. The van der Waals surface area contributed by atoms with E-state index in [1.165, 1.54) is 0 Å². The van der Waals surface area contributed by atoms with Gasteiger partial charge in [0.15, 0.2) is 0 Å². The fourth-order valence-electron chi connectivity index (χ4n) is 2.16. The molecule has 1 fully saturated rings. The number of aliphatic carboxylic acids is 1. The third-order valence-corrected chi connectivity index (χ3v) is 5.01. The van der Waals surface area contributed by atoms with E-state index in [1.807, 2.05) is 13.8 Å². The first kappa shape index (κ1) is 14.4. The zero-order chi connectivity index (χ0) is 13.1. The molecule has 1 saturated carbocycles. The van der Waals surface area contributed by atoms with E-state index in [9.17, 15) is 13.2 Å². The number of carboxylic acids is 1. The van der Waals surface area contributed by atoms with Gasteiger partial charge in [-0.2, -0.15) is 0 Å². The molecule has 1 aliphatic carbocycles. The molecule has 0 aromatic heterocycles. The standard InChI is InChI=1S/C11H21NO4S/c1-8(2)7-10(11(13)14)12-17(15,16)9-5-3-4-6-9/h8-10,12H,3-7H2,1-2H3,(H,13,14)/t10-/m0/s1. The highest BCUT2D eigenvalue weighted by atomic mass is 32.2. The Morgan fingerprint density at radius 3 is 2.29 bits per heavy atom. The fraction of sp³-hybridized carbons (Fsp3) is 0.909. The Labute approximate surface area is 103 Å². The van der Waals surface area contributed by atoms with Crippen LogP contribution in [0.4, 0.5) is 0 Å². The largest absolute Gasteiger partial charge is 0.480 e. The molecule has 0 saturated heterocycles. The van der Waals surface area contributed by atoms with Crippen molar-refractivity contribution in [2.45, 2.75) is 57.2 Å². The van der Waals surface area contributed by atoms with E-state index in [-0.39, 0.29) is 5.92 Å². The molecule has 0 unspecified atom stereocenters. The SMILES string of the molecule is CC(C)C[C@H](NS(=O)(=O)C1CCCC1)C(=O)O. The van der Waals surface area contributed by atoms with Gasteiger partial charge in [0.1, 0.15) is 6.04 Å². The van der Waals surface area contributed by atoms with E-state index in [0.717, 1.165) is 12.8 Å². The summed E-state index contributed by atoms with van der Waals surface area (Å²) in [5.41, 5.74) is 0. The topological polar surface area (TPSA) is 83.5 Å². The summed E-state index contributed by atoms with van der Waals surface area (Å²) in [5.74, 6) is -0.956. The molecule has 5 nitrogen and oxygen atoms in total. The van der Waals surface area contributed by atoms with Crippen molar-refractivity contribution in [3.8, 4) is 0 Å². The first-order valence-corrected chi connectivity index (χ1v) is 7.61. The van der Waals surface area contributed by atoms with E-state index < -0.39 is 27.3 Å². The lowest BCUT2D eigenvalue weighted by Crippen LogP contribution is -2.45. The Hall–Kier alpha value is -0.620. The number of carboxylic acid groups (broad SMARTS) is 1. The molecule has 0 bridgehead atoms. The van der Waals surface area contributed by atoms with Gasteiger partial charge in [-0.05, 0) is 25.2 Å². The van der Waals surface area contributed by atoms with Crippen molar-refractivity contribution in [2.24, 2.45) is 5.92 Å². The number of hydrogen-bond acceptors (Lipinski definition) is 3. The van der Waals surface area contributed by atoms with Crippen molar-refractivity contribution < 1.29 is 18.3 Å². The summed E-state index contributed by atoms with van der Waals surface area (Å²) >= 11 is 0. The molecule has 1 rings (SSSR count). The Morgan fingerprint density at radius 2 is 1.88 bits per heavy atom. The van der Waals surface area contributed by atoms with E-state index in [1.54, 1.807) is 0 Å². The Morgan fingerprint density at radius 1 is 1.35 bits per heavy atom. The molecule has 0 aromatic carbocycles. The van der Waals surface area contributed by atoms with Crippen molar-refractivity contribution in [3.63, 3.8) is 0 Å². The lowest BCUT2D eigenvalue weighted by molar-refractivity contribution is -0.139. The van der Waals surface area contributed by atoms with Gasteiger partial charge < -0.3 is 5.11 Å². The summed E-state index contributed by atoms with van der Waals surface area (Å²) in [6, 6.07) is -0.999. The van der Waals surface area contributed by atoms with E-state index in [0.29, 0.717) is 19.3 Å². The summed E-state index contributed by atoms with van der Waals surface area (Å²) in [6.45, 7) is 3.75. The van der Waals surface area contributed by atoms with Gasteiger partial charge in [0.2, 0.25) is 10.0 Å². The van der Waals surface area contributed by atoms with Crippen LogP contribution in [0, 0.1) is 5.92 Å². The van der Waals surface area contributed by atoms with E-state index in [2.05, 4.69) is 4.72 Å². The molecule has 2 N–H and O–H groups in total. The zero-order valence-corrected chi connectivity index (χ0v) is 11.2. The van der Waals surface area contributed by atoms with Crippen LogP contribution in [0.3, 0.4) is 0 Å². The molecule has 6 heteroatoms. The van der Waals surface area contributed by atoms with E-state index in [4.69, 9.17) is 5.11 Å². The van der Waals surface area contributed by atoms with Crippen LogP contribution in [-0.4, -0.2) is 30.8 Å². The van der Waals surface area contributed by atoms with Crippen LogP contribution < -0.4 is 4.72 Å². The highest BCUT2D eigenvalue weighted by molar-refractivity contribution is 7.90. The maximum Gasteiger partial charge on any atom is 0.321 e. The molecule has 17 heavy (non-hydrogen) atoms. The predicted molar refractivity (Wildman–Crippen MR) is 65.2 cm³/mol. The highest BCUT2D eigenvalue weighted by Gasteiger charge is 2.32. The number of carbonyl (C=O) groups is 1. The normalized spacial score (nSPS) is 19.7. The maximum atomic E-state index is 12.0. The van der Waals surface area contributed by atoms with Gasteiger partial charge in [-0.25, -0.2) is 13.1 Å². The predicted octanol–water partition coefficient (Wildman–Crippen LogP) is 1.35. The monoisotopic (exact) mass is 263 g/mol. The van der Waals surface area contributed by atoms with Gasteiger partial charge in [0, 0.05) is 0 Å². The van der Waals surface area contributed by atoms with Crippen LogP contribution >= 0.6 is 0 Å². The molecule has 1 aliphatic rings. The number of rotatable bonds is 6. The van der Waals surface area contributed by atoms with Crippen LogP contribution in [0.2, 0.25) is 0 Å². The molecule has 0 aromatic rings. The first-order valence-electron chi connectivity index (χ1n) is 6.07. The van der Waals surface area contributed by atoms with Gasteiger partial charge >= 0.3 is 5.97 Å². The number of sulfonamides is 1. The smallest absolute Gasteiger partial charge is 0.321 e. The van der Waals surface area contributed by atoms with Gasteiger partial charge in [-0.15, -0.1) is 0 Å². The summed E-state index contributed by atoms with van der Waals surface area (Å²) in [5, 5.41) is 8.60. The molecular formula is C11H21NO4S. The van der Waals surface area contributed by atoms with Crippen LogP contribution in [-0.2, 0) is 14.8 Å². The Kier molecular flexibility index (Phi) is 4.94. The lowest BCUT2D eigenvalue weighted by atomic mass is 10.1. The Balaban J connectivity index is 2.68. The molecule has 0 amide bonds. The van der Waals surface area contributed by atoms with Crippen molar-refractivity contribution >= 4 is 16.0 Å². The fourth-order valence-corrected chi connectivity index (χ4v) is 3.90. The third-order valence-electron chi connectivity index (χ3n) is 3.05. The molecule has 0 aliphatic heterocycles. The molecular weight excluding hydrogens is 242 g/mol. The van der Waals surface area contributed by atoms with Crippen molar-refractivity contribution in [3.05, 3.63) is 0 Å². The van der Waals surface area contributed by atoms with Crippen LogP contribution in [0.15, 0.2) is 0 Å². The lowest BCUT2D eigenvalue weighted by Gasteiger charge is -2.19. The van der Waals surface area contributed by atoms with Crippen LogP contribution in [0.1, 0.15) is 46.0 Å². The van der Waals surface area contributed by atoms with Crippen molar-refractivity contribution in [2.75, 3.05) is 0 Å².